The summed E-state index contributed by atoms with van der Waals surface area (Å²) in [6.07, 6.45) is 0.202. The lowest BCUT2D eigenvalue weighted by Crippen LogP contribution is -2.47. The van der Waals surface area contributed by atoms with Gasteiger partial charge in [-0.25, -0.2) is 0 Å². The van der Waals surface area contributed by atoms with Gasteiger partial charge in [-0.3, -0.25) is 9.69 Å². The maximum atomic E-state index is 13.2. The number of carbonyl (C=O) groups is 1. The summed E-state index contributed by atoms with van der Waals surface area (Å²) in [5, 5.41) is 10.8. The number of fused-ring (bicyclic) bond motifs is 1. The monoisotopic (exact) mass is 451 g/mol. The van der Waals surface area contributed by atoms with Crippen molar-refractivity contribution < 1.29 is 19.0 Å². The molecule has 7 nitrogen and oxygen atoms in total. The third-order valence-corrected chi connectivity index (χ3v) is 6.99. The molecule has 8 heteroatoms. The molecule has 2 aliphatic heterocycles. The highest BCUT2D eigenvalue weighted by Gasteiger charge is 2.39. The van der Waals surface area contributed by atoms with Gasteiger partial charge in [0.05, 0.1) is 50.5 Å². The summed E-state index contributed by atoms with van der Waals surface area (Å²) in [5.41, 5.74) is 3.63. The Morgan fingerprint density at radius 2 is 1.78 bits per heavy atom. The van der Waals surface area contributed by atoms with Crippen LogP contribution >= 0.6 is 11.8 Å². The van der Waals surface area contributed by atoms with Crippen LogP contribution < -0.4 is 19.1 Å². The lowest BCUT2D eigenvalue weighted by molar-refractivity contribution is -0.129. The topological polar surface area (TPSA) is 75.0 Å². The summed E-state index contributed by atoms with van der Waals surface area (Å²) in [5.74, 6) is 1.77. The van der Waals surface area contributed by atoms with Crippen LogP contribution in [0.25, 0.3) is 0 Å². The molecule has 0 aromatic heterocycles. The van der Waals surface area contributed by atoms with Crippen LogP contribution in [0.5, 0.6) is 17.2 Å². The van der Waals surface area contributed by atoms with Crippen molar-refractivity contribution in [3.8, 4) is 23.3 Å². The smallest absolute Gasteiger partial charge is 0.229 e. The van der Waals surface area contributed by atoms with Gasteiger partial charge in [0.25, 0.3) is 0 Å². The molecule has 1 atom stereocenters. The van der Waals surface area contributed by atoms with E-state index in [4.69, 9.17) is 14.2 Å². The van der Waals surface area contributed by atoms with Gasteiger partial charge in [0.1, 0.15) is 0 Å². The molecule has 0 spiro atoms. The summed E-state index contributed by atoms with van der Waals surface area (Å²) in [4.78, 5) is 17.1. The maximum Gasteiger partial charge on any atom is 0.229 e. The van der Waals surface area contributed by atoms with Gasteiger partial charge < -0.3 is 19.1 Å². The second kappa shape index (κ2) is 9.05. The third kappa shape index (κ3) is 3.73. The Kier molecular flexibility index (Phi) is 6.19. The summed E-state index contributed by atoms with van der Waals surface area (Å²) in [6, 6.07) is 14.1. The largest absolute Gasteiger partial charge is 0.493 e. The van der Waals surface area contributed by atoms with Crippen LogP contribution in [0.3, 0.4) is 0 Å². The van der Waals surface area contributed by atoms with Crippen LogP contribution in [-0.4, -0.2) is 44.7 Å². The van der Waals surface area contributed by atoms with Crippen LogP contribution in [-0.2, 0) is 4.79 Å². The molecule has 1 saturated heterocycles. The molecule has 1 fully saturated rings. The van der Waals surface area contributed by atoms with E-state index in [1.165, 1.54) is 11.8 Å². The minimum Gasteiger partial charge on any atom is -0.493 e. The number of thioether (sulfide) groups is 1. The number of rotatable bonds is 5. The highest BCUT2D eigenvalue weighted by atomic mass is 32.2. The molecule has 2 aromatic rings. The lowest BCUT2D eigenvalue weighted by Gasteiger charge is -2.42. The molecule has 0 saturated carbocycles. The number of hydrogen-bond acceptors (Lipinski definition) is 7. The molecule has 1 amide bonds. The van der Waals surface area contributed by atoms with Crippen LogP contribution in [0.1, 0.15) is 23.5 Å². The summed E-state index contributed by atoms with van der Waals surface area (Å²) < 4.78 is 16.4. The minimum atomic E-state index is -0.370. The number of para-hydroxylation sites is 1. The van der Waals surface area contributed by atoms with E-state index in [0.29, 0.717) is 35.4 Å². The summed E-state index contributed by atoms with van der Waals surface area (Å²) >= 11 is 1.52. The average molecular weight is 452 g/mol. The van der Waals surface area contributed by atoms with Crippen LogP contribution in [0.15, 0.2) is 47.0 Å². The Labute approximate surface area is 192 Å². The van der Waals surface area contributed by atoms with E-state index in [-0.39, 0.29) is 18.2 Å². The molecule has 2 heterocycles. The molecule has 0 radical (unpaired) electrons. The zero-order valence-corrected chi connectivity index (χ0v) is 19.4. The molecule has 4 rings (SSSR count). The van der Waals surface area contributed by atoms with E-state index < -0.39 is 0 Å². The van der Waals surface area contributed by atoms with E-state index in [1.807, 2.05) is 24.3 Å². The average Bonchev–Trinajstić information content (AvgIpc) is 2.83. The number of nitrogens with zero attached hydrogens (tertiary/aromatic N) is 3. The molecule has 2 aliphatic rings. The highest BCUT2D eigenvalue weighted by molar-refractivity contribution is 8.03. The standard InChI is InChI=1S/C24H25N3O4S/c1-15-7-5-6-8-19(15)26-13-27-22(28)11-17(18(12-25)24(27)32-14-26)16-9-20(29-2)23(31-4)21(10-16)30-3/h5-10,17H,11,13-14H2,1-4H3/t17-/m0/s1. The van der Waals surface area contributed by atoms with Gasteiger partial charge in [-0.05, 0) is 36.2 Å². The van der Waals surface area contributed by atoms with Crippen molar-refractivity contribution in [2.75, 3.05) is 38.8 Å². The Hall–Kier alpha value is -3.31. The SMILES string of the molecule is COc1cc([C@@H]2CC(=O)N3CN(c4ccccc4C)CSC3=C2C#N)cc(OC)c1OC. The Balaban J connectivity index is 1.72. The predicted molar refractivity (Wildman–Crippen MR) is 124 cm³/mol. The molecular weight excluding hydrogens is 426 g/mol. The Morgan fingerprint density at radius 1 is 1.09 bits per heavy atom. The first-order chi connectivity index (χ1) is 15.5. The second-order valence-corrected chi connectivity index (χ2v) is 8.54. The number of anilines is 1. The molecule has 2 aromatic carbocycles. The fourth-order valence-electron chi connectivity index (χ4n) is 4.22. The molecule has 0 bridgehead atoms. The zero-order valence-electron chi connectivity index (χ0n) is 18.5. The summed E-state index contributed by atoms with van der Waals surface area (Å²) in [6.45, 7) is 2.49. The lowest BCUT2D eigenvalue weighted by atomic mass is 9.86. The van der Waals surface area contributed by atoms with E-state index in [1.54, 1.807) is 26.2 Å². The number of ether oxygens (including phenoxy) is 3. The quantitative estimate of drug-likeness (QED) is 0.673. The van der Waals surface area contributed by atoms with Gasteiger partial charge in [-0.2, -0.15) is 5.26 Å². The minimum absolute atomic E-state index is 0.0106. The number of amides is 1. The number of aryl methyl sites for hydroxylation is 1. The van der Waals surface area contributed by atoms with E-state index >= 15 is 0 Å². The van der Waals surface area contributed by atoms with Crippen LogP contribution in [0.4, 0.5) is 5.69 Å². The first-order valence-electron chi connectivity index (χ1n) is 10.2. The fraction of sp³-hybridized carbons (Fsp3) is 0.333. The van der Waals surface area contributed by atoms with E-state index in [0.717, 1.165) is 21.8 Å². The van der Waals surface area contributed by atoms with Crippen LogP contribution in [0.2, 0.25) is 0 Å². The van der Waals surface area contributed by atoms with Gasteiger partial charge in [-0.1, -0.05) is 30.0 Å². The molecular formula is C24H25N3O4S. The van der Waals surface area contributed by atoms with Gasteiger partial charge in [0.2, 0.25) is 11.7 Å². The molecule has 0 N–H and O–H groups in total. The van der Waals surface area contributed by atoms with Crippen molar-refractivity contribution in [2.24, 2.45) is 0 Å². The van der Waals surface area contributed by atoms with Crippen molar-refractivity contribution in [1.82, 2.24) is 4.90 Å². The van der Waals surface area contributed by atoms with Gasteiger partial charge in [0, 0.05) is 18.0 Å². The maximum absolute atomic E-state index is 13.2. The first kappa shape index (κ1) is 21.9. The molecule has 0 unspecified atom stereocenters. The molecule has 0 aliphatic carbocycles. The van der Waals surface area contributed by atoms with Crippen LogP contribution in [0, 0.1) is 18.3 Å². The van der Waals surface area contributed by atoms with Crippen molar-refractivity contribution in [2.45, 2.75) is 19.3 Å². The normalized spacial score (nSPS) is 18.2. The molecule has 166 valence electrons. The predicted octanol–water partition coefficient (Wildman–Crippen LogP) is 4.24. The van der Waals surface area contributed by atoms with Crippen molar-refractivity contribution in [3.05, 3.63) is 58.1 Å². The van der Waals surface area contributed by atoms with E-state index in [9.17, 15) is 10.1 Å². The summed E-state index contributed by atoms with van der Waals surface area (Å²) in [7, 11) is 4.65. The third-order valence-electron chi connectivity index (χ3n) is 5.84. The number of carbonyl (C=O) groups excluding carboxylic acids is 1. The number of methoxy groups -OCH3 is 3. The van der Waals surface area contributed by atoms with Gasteiger partial charge >= 0.3 is 0 Å². The number of hydrogen-bond donors (Lipinski definition) is 0. The first-order valence-corrected chi connectivity index (χ1v) is 11.2. The van der Waals surface area contributed by atoms with Crippen molar-refractivity contribution in [3.63, 3.8) is 0 Å². The second-order valence-electron chi connectivity index (χ2n) is 7.61. The number of benzene rings is 2. The highest BCUT2D eigenvalue weighted by Crippen LogP contribution is 2.47. The number of nitriles is 1. The van der Waals surface area contributed by atoms with E-state index in [2.05, 4.69) is 30.0 Å². The van der Waals surface area contributed by atoms with Crippen molar-refractivity contribution in [1.29, 1.82) is 5.26 Å². The number of allylic oxidation sites excluding steroid dienone is 1. The Bertz CT molecular complexity index is 1100. The zero-order chi connectivity index (χ0) is 22.8. The Morgan fingerprint density at radius 3 is 2.38 bits per heavy atom. The van der Waals surface area contributed by atoms with Gasteiger partial charge in [-0.15, -0.1) is 0 Å². The van der Waals surface area contributed by atoms with Gasteiger partial charge in [0.15, 0.2) is 11.5 Å². The molecule has 32 heavy (non-hydrogen) atoms. The van der Waals surface area contributed by atoms with Crippen molar-refractivity contribution >= 4 is 23.4 Å². The fourth-order valence-corrected chi connectivity index (χ4v) is 5.38.